The highest BCUT2D eigenvalue weighted by atomic mass is 16.1. The Morgan fingerprint density at radius 3 is 2.56 bits per heavy atom. The van der Waals surface area contributed by atoms with Crippen molar-refractivity contribution in [1.82, 2.24) is 5.32 Å². The molecule has 0 saturated heterocycles. The summed E-state index contributed by atoms with van der Waals surface area (Å²) in [5, 5.41) is 3.25. The molecule has 0 heterocycles. The van der Waals surface area contributed by atoms with Crippen LogP contribution in [0.25, 0.3) is 5.57 Å². The molecule has 4 rings (SSSR count). The molecule has 0 amide bonds. The molecule has 140 valence electrons. The first-order valence-corrected chi connectivity index (χ1v) is 10.1. The van der Waals surface area contributed by atoms with E-state index in [1.54, 1.807) is 0 Å². The second-order valence-electron chi connectivity index (χ2n) is 8.25. The molecule has 3 aliphatic carbocycles. The minimum atomic E-state index is 0.0659. The van der Waals surface area contributed by atoms with E-state index in [-0.39, 0.29) is 11.7 Å². The highest BCUT2D eigenvalue weighted by molar-refractivity contribution is 6.17. The largest absolute Gasteiger partial charge is 0.391 e. The molecule has 1 atom stereocenters. The van der Waals surface area contributed by atoms with Crippen molar-refractivity contribution < 1.29 is 4.79 Å². The lowest BCUT2D eigenvalue weighted by Gasteiger charge is -2.26. The predicted octanol–water partition coefficient (Wildman–Crippen LogP) is 5.78. The smallest absolute Gasteiger partial charge is 0.192 e. The molecule has 2 heteroatoms. The van der Waals surface area contributed by atoms with Crippen LogP contribution in [0, 0.1) is 6.92 Å². The van der Waals surface area contributed by atoms with E-state index >= 15 is 0 Å². The Bertz CT molecular complexity index is 942. The van der Waals surface area contributed by atoms with E-state index in [1.165, 1.54) is 39.0 Å². The molecule has 1 aromatic carbocycles. The summed E-state index contributed by atoms with van der Waals surface area (Å²) in [5.74, 6) is 0.279. The molecule has 3 aliphatic rings. The van der Waals surface area contributed by atoms with Crippen LogP contribution in [0.3, 0.4) is 0 Å². The molecule has 1 N–H and O–H groups in total. The number of ketones is 1. The van der Waals surface area contributed by atoms with Crippen LogP contribution in [-0.2, 0) is 6.42 Å². The van der Waals surface area contributed by atoms with Crippen molar-refractivity contribution in [3.63, 3.8) is 0 Å². The standard InChI is InChI=1S/C25H29NO/c1-14-8-6-10-18(12-14)23-20-13-16(3)21-15(2)9-7-11-19(21)24(20)25(27)22(23)17(4)26-5/h12-13,23,26H,1-2,6-11H2,3-5H3/b22-17-. The van der Waals surface area contributed by atoms with Crippen LogP contribution in [0.5, 0.6) is 0 Å². The second-order valence-corrected chi connectivity index (χ2v) is 8.25. The van der Waals surface area contributed by atoms with Crippen molar-refractivity contribution in [1.29, 1.82) is 0 Å². The summed E-state index contributed by atoms with van der Waals surface area (Å²) < 4.78 is 0. The number of allylic oxidation sites excluding steroid dienone is 6. The summed E-state index contributed by atoms with van der Waals surface area (Å²) in [5.41, 5.74) is 11.6. The molecular weight excluding hydrogens is 330 g/mol. The van der Waals surface area contributed by atoms with Gasteiger partial charge in [-0.2, -0.15) is 0 Å². The highest BCUT2D eigenvalue weighted by Crippen LogP contribution is 2.50. The molecule has 0 aromatic heterocycles. The van der Waals surface area contributed by atoms with Crippen LogP contribution < -0.4 is 5.32 Å². The topological polar surface area (TPSA) is 29.1 Å². The molecule has 0 radical (unpaired) electrons. The minimum Gasteiger partial charge on any atom is -0.391 e. The zero-order valence-corrected chi connectivity index (χ0v) is 16.8. The normalized spacial score (nSPS) is 23.7. The van der Waals surface area contributed by atoms with Crippen LogP contribution in [0.4, 0.5) is 0 Å². The Kier molecular flexibility index (Phi) is 4.46. The molecular formula is C25H29NO. The monoisotopic (exact) mass is 359 g/mol. The zero-order chi connectivity index (χ0) is 19.3. The van der Waals surface area contributed by atoms with E-state index in [9.17, 15) is 4.79 Å². The fourth-order valence-electron chi connectivity index (χ4n) is 5.24. The number of hydrogen-bond acceptors (Lipinski definition) is 2. The van der Waals surface area contributed by atoms with Crippen molar-refractivity contribution in [3.05, 3.63) is 75.5 Å². The zero-order valence-electron chi connectivity index (χ0n) is 16.8. The van der Waals surface area contributed by atoms with Crippen molar-refractivity contribution >= 4 is 11.4 Å². The van der Waals surface area contributed by atoms with E-state index in [0.29, 0.717) is 0 Å². The van der Waals surface area contributed by atoms with Crippen LogP contribution in [-0.4, -0.2) is 12.8 Å². The first kappa shape index (κ1) is 18.0. The van der Waals surface area contributed by atoms with Gasteiger partial charge >= 0.3 is 0 Å². The van der Waals surface area contributed by atoms with Crippen molar-refractivity contribution in [3.8, 4) is 0 Å². The fourth-order valence-corrected chi connectivity index (χ4v) is 5.24. The molecule has 0 spiro atoms. The highest BCUT2D eigenvalue weighted by Gasteiger charge is 2.41. The second kappa shape index (κ2) is 6.67. The summed E-state index contributed by atoms with van der Waals surface area (Å²) in [6.45, 7) is 12.7. The molecule has 0 saturated carbocycles. The van der Waals surface area contributed by atoms with Gasteiger partial charge in [0.15, 0.2) is 5.78 Å². The molecule has 0 aliphatic heterocycles. The number of hydrogen-bond donors (Lipinski definition) is 1. The van der Waals surface area contributed by atoms with Crippen molar-refractivity contribution in [2.24, 2.45) is 0 Å². The number of fused-ring (bicyclic) bond motifs is 3. The van der Waals surface area contributed by atoms with Gasteiger partial charge in [0.2, 0.25) is 0 Å². The summed E-state index contributed by atoms with van der Waals surface area (Å²) in [4.78, 5) is 13.6. The Labute approximate surface area is 162 Å². The van der Waals surface area contributed by atoms with Gasteiger partial charge in [-0.1, -0.05) is 36.4 Å². The molecule has 1 unspecified atom stereocenters. The molecule has 1 aromatic rings. The van der Waals surface area contributed by atoms with Gasteiger partial charge in [0.05, 0.1) is 0 Å². The number of Topliss-reactive ketones (excluding diaryl/α,β-unsaturated/α-hetero) is 1. The maximum absolute atomic E-state index is 13.6. The van der Waals surface area contributed by atoms with Gasteiger partial charge < -0.3 is 5.32 Å². The molecule has 0 bridgehead atoms. The van der Waals surface area contributed by atoms with Crippen LogP contribution in [0.15, 0.2) is 47.7 Å². The Balaban J connectivity index is 2.01. The summed E-state index contributed by atoms with van der Waals surface area (Å²) in [6.07, 6.45) is 8.57. The molecule has 27 heavy (non-hydrogen) atoms. The number of nitrogens with one attached hydrogen (secondary N) is 1. The third-order valence-corrected chi connectivity index (χ3v) is 6.49. The lowest BCUT2D eigenvalue weighted by Crippen LogP contribution is -2.15. The first-order chi connectivity index (χ1) is 12.9. The molecule has 2 nitrogen and oxygen atoms in total. The van der Waals surface area contributed by atoms with Crippen LogP contribution in [0.2, 0.25) is 0 Å². The SMILES string of the molecule is C=C1C=C(C2/C(=C(\C)NC)C(=O)c3c2cc(C)c2c3CCCC2=C)CCC1. The van der Waals surface area contributed by atoms with Crippen LogP contribution >= 0.6 is 0 Å². The summed E-state index contributed by atoms with van der Waals surface area (Å²) in [6, 6.07) is 2.27. The van der Waals surface area contributed by atoms with E-state index in [4.69, 9.17) is 0 Å². The first-order valence-electron chi connectivity index (χ1n) is 10.1. The fraction of sp³-hybridized carbons (Fsp3) is 0.400. The predicted molar refractivity (Wildman–Crippen MR) is 113 cm³/mol. The lowest BCUT2D eigenvalue weighted by molar-refractivity contribution is 0.103. The van der Waals surface area contributed by atoms with Gasteiger partial charge in [-0.15, -0.1) is 0 Å². The van der Waals surface area contributed by atoms with Crippen molar-refractivity contribution in [2.45, 2.75) is 58.3 Å². The van der Waals surface area contributed by atoms with Crippen LogP contribution in [0.1, 0.15) is 77.6 Å². The lowest BCUT2D eigenvalue weighted by atomic mass is 9.78. The Hall–Kier alpha value is -2.35. The maximum Gasteiger partial charge on any atom is 0.192 e. The van der Waals surface area contributed by atoms with E-state index in [0.717, 1.165) is 55.4 Å². The van der Waals surface area contributed by atoms with Gasteiger partial charge in [0.25, 0.3) is 0 Å². The van der Waals surface area contributed by atoms with Gasteiger partial charge in [0, 0.05) is 29.8 Å². The third-order valence-electron chi connectivity index (χ3n) is 6.49. The number of carbonyl (C=O) groups is 1. The van der Waals surface area contributed by atoms with Crippen molar-refractivity contribution in [2.75, 3.05) is 7.05 Å². The number of carbonyl (C=O) groups excluding carboxylic acids is 1. The number of aryl methyl sites for hydroxylation is 1. The van der Waals surface area contributed by atoms with Gasteiger partial charge in [-0.05, 0) is 80.2 Å². The van der Waals surface area contributed by atoms with Gasteiger partial charge in [-0.25, -0.2) is 0 Å². The number of rotatable bonds is 2. The summed E-state index contributed by atoms with van der Waals surface area (Å²) in [7, 11) is 1.91. The molecule has 0 fully saturated rings. The quantitative estimate of drug-likeness (QED) is 0.678. The van der Waals surface area contributed by atoms with Gasteiger partial charge in [-0.3, -0.25) is 4.79 Å². The average Bonchev–Trinajstić information content (AvgIpc) is 2.93. The Morgan fingerprint density at radius 1 is 1.11 bits per heavy atom. The minimum absolute atomic E-state index is 0.0659. The van der Waals surface area contributed by atoms with E-state index < -0.39 is 0 Å². The van der Waals surface area contributed by atoms with E-state index in [2.05, 4.69) is 37.5 Å². The Morgan fingerprint density at radius 2 is 1.85 bits per heavy atom. The number of benzene rings is 1. The summed E-state index contributed by atoms with van der Waals surface area (Å²) >= 11 is 0. The average molecular weight is 360 g/mol. The maximum atomic E-state index is 13.6. The van der Waals surface area contributed by atoms with Gasteiger partial charge in [0.1, 0.15) is 0 Å². The third kappa shape index (κ3) is 2.74. The van der Waals surface area contributed by atoms with E-state index in [1.807, 2.05) is 14.0 Å².